The number of nitrogens with one attached hydrogen (secondary N) is 2. The lowest BCUT2D eigenvalue weighted by Gasteiger charge is -2.11. The van der Waals surface area contributed by atoms with Crippen LogP contribution < -0.4 is 10.6 Å². The van der Waals surface area contributed by atoms with Crippen molar-refractivity contribution in [2.24, 2.45) is 5.41 Å². The average molecular weight is 262 g/mol. The van der Waals surface area contributed by atoms with E-state index in [0.717, 1.165) is 43.3 Å². The monoisotopic (exact) mass is 262 g/mol. The van der Waals surface area contributed by atoms with E-state index >= 15 is 0 Å². The van der Waals surface area contributed by atoms with Gasteiger partial charge in [0, 0.05) is 25.1 Å². The molecule has 4 heteroatoms. The fraction of sp³-hybridized carbons (Fsp3) is 0.733. The van der Waals surface area contributed by atoms with Gasteiger partial charge in [-0.2, -0.15) is 0 Å². The molecule has 2 rings (SSSR count). The van der Waals surface area contributed by atoms with Crippen LogP contribution in [0.2, 0.25) is 0 Å². The van der Waals surface area contributed by atoms with Crippen molar-refractivity contribution < 1.29 is 0 Å². The molecule has 1 aliphatic rings. The Bertz CT molecular complexity index is 428. The number of aryl methyl sites for hydroxylation is 1. The Kier molecular flexibility index (Phi) is 4.27. The SMILES string of the molecule is CCCNc1cc(NC2CC2(C)C)nc(CCC)n1. The van der Waals surface area contributed by atoms with Crippen LogP contribution in [0.5, 0.6) is 0 Å². The molecule has 0 aliphatic heterocycles. The van der Waals surface area contributed by atoms with Crippen LogP contribution in [0.25, 0.3) is 0 Å². The molecule has 4 nitrogen and oxygen atoms in total. The topological polar surface area (TPSA) is 49.8 Å². The van der Waals surface area contributed by atoms with Gasteiger partial charge in [0.15, 0.2) is 0 Å². The first-order valence-electron chi connectivity index (χ1n) is 7.43. The van der Waals surface area contributed by atoms with Crippen molar-refractivity contribution in [1.29, 1.82) is 0 Å². The van der Waals surface area contributed by atoms with Crippen LogP contribution in [0.1, 0.15) is 52.8 Å². The third kappa shape index (κ3) is 3.82. The smallest absolute Gasteiger partial charge is 0.133 e. The van der Waals surface area contributed by atoms with Gasteiger partial charge in [-0.15, -0.1) is 0 Å². The zero-order valence-corrected chi connectivity index (χ0v) is 12.6. The molecule has 1 heterocycles. The average Bonchev–Trinajstić information content (AvgIpc) is 2.94. The van der Waals surface area contributed by atoms with E-state index in [4.69, 9.17) is 0 Å². The van der Waals surface area contributed by atoms with Crippen molar-refractivity contribution in [3.63, 3.8) is 0 Å². The summed E-state index contributed by atoms with van der Waals surface area (Å²) in [4.78, 5) is 9.18. The van der Waals surface area contributed by atoms with Gasteiger partial charge in [-0.05, 0) is 24.7 Å². The molecule has 1 fully saturated rings. The second kappa shape index (κ2) is 5.76. The van der Waals surface area contributed by atoms with Crippen LogP contribution in [0.15, 0.2) is 6.07 Å². The molecule has 1 saturated carbocycles. The van der Waals surface area contributed by atoms with Crippen molar-refractivity contribution >= 4 is 11.6 Å². The van der Waals surface area contributed by atoms with Crippen LogP contribution in [-0.2, 0) is 6.42 Å². The Morgan fingerprint density at radius 1 is 1.21 bits per heavy atom. The maximum atomic E-state index is 4.61. The summed E-state index contributed by atoms with van der Waals surface area (Å²) in [5, 5.41) is 6.89. The summed E-state index contributed by atoms with van der Waals surface area (Å²) in [5.41, 5.74) is 0.410. The van der Waals surface area contributed by atoms with Gasteiger partial charge in [-0.25, -0.2) is 9.97 Å². The Balaban J connectivity index is 2.09. The normalized spacial score (nSPS) is 20.1. The molecular weight excluding hydrogens is 236 g/mol. The highest BCUT2D eigenvalue weighted by molar-refractivity contribution is 5.49. The van der Waals surface area contributed by atoms with Crippen molar-refractivity contribution in [2.45, 2.75) is 59.4 Å². The van der Waals surface area contributed by atoms with Gasteiger partial charge in [0.1, 0.15) is 17.5 Å². The van der Waals surface area contributed by atoms with Crippen LogP contribution in [0.3, 0.4) is 0 Å². The second-order valence-electron chi connectivity index (χ2n) is 6.12. The van der Waals surface area contributed by atoms with Gasteiger partial charge < -0.3 is 10.6 Å². The lowest BCUT2D eigenvalue weighted by atomic mass is 10.2. The molecule has 1 unspecified atom stereocenters. The molecule has 0 saturated heterocycles. The fourth-order valence-electron chi connectivity index (χ4n) is 2.14. The molecule has 1 aromatic rings. The quantitative estimate of drug-likeness (QED) is 0.790. The second-order valence-corrected chi connectivity index (χ2v) is 6.12. The zero-order valence-electron chi connectivity index (χ0n) is 12.6. The summed E-state index contributed by atoms with van der Waals surface area (Å²) >= 11 is 0. The summed E-state index contributed by atoms with van der Waals surface area (Å²) in [6, 6.07) is 2.58. The van der Waals surface area contributed by atoms with Crippen LogP contribution in [-0.4, -0.2) is 22.6 Å². The number of hydrogen-bond acceptors (Lipinski definition) is 4. The van der Waals surface area contributed by atoms with Crippen molar-refractivity contribution in [1.82, 2.24) is 9.97 Å². The first-order chi connectivity index (χ1) is 9.05. The first-order valence-corrected chi connectivity index (χ1v) is 7.43. The third-order valence-corrected chi connectivity index (χ3v) is 3.64. The zero-order chi connectivity index (χ0) is 13.9. The minimum absolute atomic E-state index is 0.410. The van der Waals surface area contributed by atoms with Crippen molar-refractivity contribution in [3.8, 4) is 0 Å². The summed E-state index contributed by atoms with van der Waals surface area (Å²) in [7, 11) is 0. The Labute approximate surface area is 116 Å². The molecule has 2 N–H and O–H groups in total. The number of hydrogen-bond donors (Lipinski definition) is 2. The number of aromatic nitrogens is 2. The maximum absolute atomic E-state index is 4.61. The van der Waals surface area contributed by atoms with E-state index in [0.29, 0.717) is 11.5 Å². The minimum Gasteiger partial charge on any atom is -0.370 e. The summed E-state index contributed by atoms with van der Waals surface area (Å²) in [6.45, 7) is 9.85. The number of rotatable bonds is 7. The molecule has 0 radical (unpaired) electrons. The molecule has 0 amide bonds. The highest BCUT2D eigenvalue weighted by atomic mass is 15.1. The van der Waals surface area contributed by atoms with E-state index in [1.54, 1.807) is 0 Å². The van der Waals surface area contributed by atoms with Gasteiger partial charge in [0.2, 0.25) is 0 Å². The molecule has 0 spiro atoms. The molecule has 19 heavy (non-hydrogen) atoms. The predicted octanol–water partition coefficient (Wildman–Crippen LogP) is 3.46. The van der Waals surface area contributed by atoms with Gasteiger partial charge in [-0.3, -0.25) is 0 Å². The highest BCUT2D eigenvalue weighted by Crippen LogP contribution is 2.46. The predicted molar refractivity (Wildman–Crippen MR) is 80.6 cm³/mol. The van der Waals surface area contributed by atoms with Crippen LogP contribution in [0.4, 0.5) is 11.6 Å². The molecule has 1 aromatic heterocycles. The Morgan fingerprint density at radius 2 is 1.89 bits per heavy atom. The third-order valence-electron chi connectivity index (χ3n) is 3.64. The summed E-state index contributed by atoms with van der Waals surface area (Å²) < 4.78 is 0. The number of anilines is 2. The Hall–Kier alpha value is -1.32. The largest absolute Gasteiger partial charge is 0.370 e. The number of nitrogens with zero attached hydrogens (tertiary/aromatic N) is 2. The lowest BCUT2D eigenvalue weighted by molar-refractivity contribution is 0.629. The van der Waals surface area contributed by atoms with Crippen molar-refractivity contribution in [2.75, 3.05) is 17.2 Å². The highest BCUT2D eigenvalue weighted by Gasteiger charge is 2.45. The van der Waals surface area contributed by atoms with Gasteiger partial charge in [-0.1, -0.05) is 27.7 Å². The lowest BCUT2D eigenvalue weighted by Crippen LogP contribution is -2.12. The molecule has 0 bridgehead atoms. The molecule has 0 aromatic carbocycles. The van der Waals surface area contributed by atoms with Gasteiger partial charge in [0.05, 0.1) is 0 Å². The van der Waals surface area contributed by atoms with E-state index in [-0.39, 0.29) is 0 Å². The van der Waals surface area contributed by atoms with Crippen LogP contribution in [0, 0.1) is 5.41 Å². The summed E-state index contributed by atoms with van der Waals surface area (Å²) in [6.07, 6.45) is 4.33. The molecule has 1 aliphatic carbocycles. The van der Waals surface area contributed by atoms with Gasteiger partial charge >= 0.3 is 0 Å². The first kappa shape index (κ1) is 14.1. The molecule has 106 valence electrons. The van der Waals surface area contributed by atoms with Crippen molar-refractivity contribution in [3.05, 3.63) is 11.9 Å². The van der Waals surface area contributed by atoms with E-state index in [1.165, 1.54) is 6.42 Å². The standard InChI is InChI=1S/C15H26N4/c1-5-7-12-18-13(16-8-6-2)9-14(19-12)17-11-10-15(11,3)4/h9,11H,5-8,10H2,1-4H3,(H2,16,17,18,19). The fourth-order valence-corrected chi connectivity index (χ4v) is 2.14. The van der Waals surface area contributed by atoms with E-state index in [1.807, 2.05) is 6.07 Å². The van der Waals surface area contributed by atoms with E-state index in [9.17, 15) is 0 Å². The summed E-state index contributed by atoms with van der Waals surface area (Å²) in [5.74, 6) is 2.85. The Morgan fingerprint density at radius 3 is 2.47 bits per heavy atom. The van der Waals surface area contributed by atoms with Gasteiger partial charge in [0.25, 0.3) is 0 Å². The van der Waals surface area contributed by atoms with Crippen LogP contribution >= 0.6 is 0 Å². The van der Waals surface area contributed by atoms with E-state index in [2.05, 4.69) is 48.3 Å². The minimum atomic E-state index is 0.410. The molecular formula is C15H26N4. The molecule has 1 atom stereocenters. The van der Waals surface area contributed by atoms with E-state index < -0.39 is 0 Å². The maximum Gasteiger partial charge on any atom is 0.133 e.